The lowest BCUT2D eigenvalue weighted by Crippen LogP contribution is -2.18. The zero-order chi connectivity index (χ0) is 29.9. The highest BCUT2D eigenvalue weighted by molar-refractivity contribution is 5.95. The van der Waals surface area contributed by atoms with Crippen LogP contribution in [-0.4, -0.2) is 69.1 Å². The molecular weight excluding hydrogens is 539 g/mol. The van der Waals surface area contributed by atoms with Crippen molar-refractivity contribution in [3.8, 4) is 23.2 Å². The lowest BCUT2D eigenvalue weighted by molar-refractivity contribution is -0.134. The SMILES string of the molecule is CC(=O)O.COc1cc(C(Nc2ccc(C(=N)N)cc2)c2nn(-c3ncccn3)c(=O)[nH]2)cc(OCCF)c1OC. The van der Waals surface area contributed by atoms with Crippen molar-refractivity contribution in [2.45, 2.75) is 13.0 Å². The Kier molecular flexibility index (Phi) is 10.3. The molecule has 0 fully saturated rings. The number of carbonyl (C=O) groups is 1. The summed E-state index contributed by atoms with van der Waals surface area (Å²) < 4.78 is 30.4. The van der Waals surface area contributed by atoms with E-state index in [2.05, 4.69) is 25.4 Å². The van der Waals surface area contributed by atoms with E-state index in [1.807, 2.05) is 0 Å². The second-order valence-electron chi connectivity index (χ2n) is 8.16. The Bertz CT molecular complexity index is 1520. The minimum absolute atomic E-state index is 0.0661. The third-order valence-electron chi connectivity index (χ3n) is 5.29. The van der Waals surface area contributed by atoms with E-state index in [1.54, 1.807) is 42.5 Å². The van der Waals surface area contributed by atoms with Gasteiger partial charge in [-0.1, -0.05) is 0 Å². The summed E-state index contributed by atoms with van der Waals surface area (Å²) >= 11 is 0. The molecule has 0 aliphatic rings. The van der Waals surface area contributed by atoms with Crippen molar-refractivity contribution in [3.63, 3.8) is 0 Å². The van der Waals surface area contributed by atoms with Gasteiger partial charge in [-0.05, 0) is 48.0 Å². The van der Waals surface area contributed by atoms with Gasteiger partial charge in [0.2, 0.25) is 5.75 Å². The number of halogens is 1. The Morgan fingerprint density at radius 3 is 2.37 bits per heavy atom. The molecule has 2 aromatic carbocycles. The van der Waals surface area contributed by atoms with Crippen LogP contribution in [0.25, 0.3) is 5.95 Å². The third-order valence-corrected chi connectivity index (χ3v) is 5.29. The molecule has 1 atom stereocenters. The molecule has 216 valence electrons. The van der Waals surface area contributed by atoms with Crippen molar-refractivity contribution in [2.24, 2.45) is 5.73 Å². The number of nitrogens with two attached hydrogens (primary N) is 1. The van der Waals surface area contributed by atoms with E-state index >= 15 is 0 Å². The molecule has 0 amide bonds. The summed E-state index contributed by atoms with van der Waals surface area (Å²) in [5.41, 5.74) is 6.78. The first-order chi connectivity index (χ1) is 19.7. The Labute approximate surface area is 233 Å². The number of aliphatic carboxylic acids is 1. The van der Waals surface area contributed by atoms with Crippen LogP contribution in [0.2, 0.25) is 0 Å². The number of aromatic nitrogens is 5. The number of anilines is 1. The third kappa shape index (κ3) is 7.78. The van der Waals surface area contributed by atoms with Crippen LogP contribution in [0.5, 0.6) is 17.2 Å². The summed E-state index contributed by atoms with van der Waals surface area (Å²) in [5, 5.41) is 22.8. The van der Waals surface area contributed by atoms with Crippen LogP contribution >= 0.6 is 0 Å². The lowest BCUT2D eigenvalue weighted by Gasteiger charge is -2.21. The van der Waals surface area contributed by atoms with Gasteiger partial charge in [0, 0.05) is 30.6 Å². The summed E-state index contributed by atoms with van der Waals surface area (Å²) in [6, 6.07) is 11.1. The van der Waals surface area contributed by atoms with Gasteiger partial charge < -0.3 is 30.4 Å². The Hall–Kier alpha value is -5.47. The highest BCUT2D eigenvalue weighted by Crippen LogP contribution is 2.41. The van der Waals surface area contributed by atoms with Crippen molar-refractivity contribution in [1.29, 1.82) is 5.41 Å². The molecule has 0 aliphatic heterocycles. The summed E-state index contributed by atoms with van der Waals surface area (Å²) in [5.74, 6) is 0.308. The largest absolute Gasteiger partial charge is 0.493 e. The monoisotopic (exact) mass is 568 g/mol. The first-order valence-corrected chi connectivity index (χ1v) is 12.0. The van der Waals surface area contributed by atoms with Gasteiger partial charge in [0.25, 0.3) is 11.9 Å². The number of benzene rings is 2. The molecule has 4 aromatic rings. The second kappa shape index (κ2) is 14.1. The smallest absolute Gasteiger partial charge is 0.350 e. The number of aromatic amines is 1. The van der Waals surface area contributed by atoms with Crippen LogP contribution in [0.4, 0.5) is 10.1 Å². The average molecular weight is 569 g/mol. The number of amidine groups is 1. The summed E-state index contributed by atoms with van der Waals surface area (Å²) in [4.78, 5) is 32.7. The van der Waals surface area contributed by atoms with Crippen LogP contribution in [0.3, 0.4) is 0 Å². The van der Waals surface area contributed by atoms with Crippen molar-refractivity contribution in [2.75, 3.05) is 32.8 Å². The number of rotatable bonds is 11. The number of carboxylic acid groups (broad SMARTS) is 1. The maximum absolute atomic E-state index is 12.9. The van der Waals surface area contributed by atoms with Gasteiger partial charge in [-0.25, -0.2) is 19.2 Å². The highest BCUT2D eigenvalue weighted by atomic mass is 19.1. The van der Waals surface area contributed by atoms with Gasteiger partial charge in [-0.3, -0.25) is 15.2 Å². The van der Waals surface area contributed by atoms with Gasteiger partial charge in [0.15, 0.2) is 17.3 Å². The van der Waals surface area contributed by atoms with E-state index in [-0.39, 0.29) is 30.0 Å². The topological polar surface area (TPSA) is 203 Å². The number of ether oxygens (including phenoxy) is 3. The summed E-state index contributed by atoms with van der Waals surface area (Å²) in [6.07, 6.45) is 3.00. The molecule has 15 heteroatoms. The van der Waals surface area contributed by atoms with Crippen LogP contribution in [-0.2, 0) is 4.79 Å². The van der Waals surface area contributed by atoms with E-state index in [0.29, 0.717) is 28.3 Å². The predicted octanol–water partition coefficient (Wildman–Crippen LogP) is 2.29. The van der Waals surface area contributed by atoms with Crippen LogP contribution < -0.4 is 31.0 Å². The Balaban J connectivity index is 0.00000108. The second-order valence-corrected chi connectivity index (χ2v) is 8.16. The normalized spacial score (nSPS) is 11.0. The summed E-state index contributed by atoms with van der Waals surface area (Å²) in [6.45, 7) is 0.194. The molecule has 41 heavy (non-hydrogen) atoms. The van der Waals surface area contributed by atoms with Gasteiger partial charge in [0.05, 0.1) is 14.2 Å². The minimum atomic E-state index is -0.833. The molecule has 0 spiro atoms. The highest BCUT2D eigenvalue weighted by Gasteiger charge is 2.25. The predicted molar refractivity (Wildman–Crippen MR) is 147 cm³/mol. The number of H-pyrrole nitrogens is 1. The van der Waals surface area contributed by atoms with E-state index in [1.165, 1.54) is 26.6 Å². The number of hydrogen-bond acceptors (Lipinski definition) is 10. The van der Waals surface area contributed by atoms with Crippen molar-refractivity contribution < 1.29 is 28.5 Å². The first-order valence-electron chi connectivity index (χ1n) is 12.0. The molecule has 0 saturated heterocycles. The van der Waals surface area contributed by atoms with Gasteiger partial charge in [0.1, 0.15) is 25.2 Å². The molecule has 4 rings (SSSR count). The fraction of sp³-hybridized carbons (Fsp3) is 0.231. The number of nitrogens with zero attached hydrogens (tertiary/aromatic N) is 4. The van der Waals surface area contributed by atoms with Crippen molar-refractivity contribution in [3.05, 3.63) is 82.3 Å². The van der Waals surface area contributed by atoms with E-state index in [9.17, 15) is 9.18 Å². The standard InChI is InChI=1S/C24H25FN8O4.C2H4O2/c1-35-17-12-15(13-18(20(17)36-2)37-11-8-25)19(30-16-6-4-14(5-7-16)21(26)27)22-31-24(34)33(32-22)23-28-9-3-10-29-23;1-2(3)4/h3-7,9-10,12-13,19,30H,8,11H2,1-2H3,(H3,26,27)(H,31,32,34);1H3,(H,3,4). The van der Waals surface area contributed by atoms with Gasteiger partial charge in [-0.15, -0.1) is 9.78 Å². The molecule has 14 nitrogen and oxygen atoms in total. The fourth-order valence-electron chi connectivity index (χ4n) is 3.60. The number of nitrogen functional groups attached to an aromatic ring is 1. The molecular formula is C26H29FN8O6. The zero-order valence-corrected chi connectivity index (χ0v) is 22.4. The molecule has 2 aromatic heterocycles. The van der Waals surface area contributed by atoms with Crippen molar-refractivity contribution in [1.82, 2.24) is 24.7 Å². The van der Waals surface area contributed by atoms with Crippen LogP contribution in [0.1, 0.15) is 29.9 Å². The molecule has 0 radical (unpaired) electrons. The molecule has 0 aliphatic carbocycles. The maximum atomic E-state index is 12.9. The number of alkyl halides is 1. The van der Waals surface area contributed by atoms with E-state index < -0.39 is 24.4 Å². The van der Waals surface area contributed by atoms with Crippen molar-refractivity contribution >= 4 is 17.5 Å². The van der Waals surface area contributed by atoms with Crippen LogP contribution in [0, 0.1) is 5.41 Å². The number of hydrogen-bond donors (Lipinski definition) is 5. The van der Waals surface area contributed by atoms with E-state index in [4.69, 9.17) is 35.3 Å². The Morgan fingerprint density at radius 1 is 1.17 bits per heavy atom. The Morgan fingerprint density at radius 2 is 1.80 bits per heavy atom. The molecule has 2 heterocycles. The quantitative estimate of drug-likeness (QED) is 0.131. The number of carboxylic acids is 1. The number of methoxy groups -OCH3 is 2. The zero-order valence-electron chi connectivity index (χ0n) is 22.4. The summed E-state index contributed by atoms with van der Waals surface area (Å²) in [7, 11) is 2.91. The fourth-order valence-corrected chi connectivity index (χ4v) is 3.60. The molecule has 0 saturated carbocycles. The van der Waals surface area contributed by atoms with Crippen LogP contribution in [0.15, 0.2) is 59.7 Å². The van der Waals surface area contributed by atoms with Gasteiger partial charge in [-0.2, -0.15) is 0 Å². The average Bonchev–Trinajstić information content (AvgIpc) is 3.35. The molecule has 0 bridgehead atoms. The van der Waals surface area contributed by atoms with Gasteiger partial charge >= 0.3 is 5.69 Å². The first kappa shape index (κ1) is 30.1. The lowest BCUT2D eigenvalue weighted by atomic mass is 10.0. The molecule has 6 N–H and O–H groups in total. The maximum Gasteiger partial charge on any atom is 0.350 e. The minimum Gasteiger partial charge on any atom is -0.493 e. The molecule has 1 unspecified atom stereocenters. The van der Waals surface area contributed by atoms with E-state index in [0.717, 1.165) is 11.6 Å². The number of nitrogens with one attached hydrogen (secondary N) is 3.